The van der Waals surface area contributed by atoms with Gasteiger partial charge in [0.05, 0.1) is 6.21 Å². The molecule has 0 saturated carbocycles. The number of hydrogen-bond acceptors (Lipinski definition) is 5. The van der Waals surface area contributed by atoms with Gasteiger partial charge in [-0.25, -0.2) is 5.43 Å². The van der Waals surface area contributed by atoms with Gasteiger partial charge in [0.2, 0.25) is 0 Å². The monoisotopic (exact) mass is 437 g/mol. The average Bonchev–Trinajstić information content (AvgIpc) is 2.88. The van der Waals surface area contributed by atoms with Crippen molar-refractivity contribution in [2.75, 3.05) is 0 Å². The second-order valence-electron chi connectivity index (χ2n) is 7.22. The van der Waals surface area contributed by atoms with E-state index in [4.69, 9.17) is 9.47 Å². The number of carbonyl (C=O) groups excluding carboxylic acids is 1. The van der Waals surface area contributed by atoms with E-state index >= 15 is 0 Å². The Labute approximate surface area is 192 Å². The van der Waals surface area contributed by atoms with Crippen LogP contribution in [0.15, 0.2) is 108 Å². The van der Waals surface area contributed by atoms with E-state index in [9.17, 15) is 4.79 Å². The minimum Gasteiger partial charge on any atom is -0.489 e. The molecule has 0 unspecified atom stereocenters. The highest BCUT2D eigenvalue weighted by Gasteiger charge is 2.11. The van der Waals surface area contributed by atoms with Gasteiger partial charge in [-0.1, -0.05) is 60.7 Å². The Kier molecular flexibility index (Phi) is 7.42. The molecule has 0 aliphatic heterocycles. The van der Waals surface area contributed by atoms with Crippen LogP contribution in [0.25, 0.3) is 0 Å². The molecule has 33 heavy (non-hydrogen) atoms. The van der Waals surface area contributed by atoms with Crippen molar-refractivity contribution in [3.05, 3.63) is 126 Å². The fourth-order valence-electron chi connectivity index (χ4n) is 3.03. The third-order valence-corrected chi connectivity index (χ3v) is 4.72. The molecule has 1 aromatic heterocycles. The number of ether oxygens (including phenoxy) is 2. The molecule has 0 spiro atoms. The number of carbonyl (C=O) groups is 1. The standard InChI is InChI=1S/C27H23N3O3/c31-27(30-29-18-21-11-13-28-14-12-21)24-15-25(32-19-22-7-3-1-4-8-22)17-26(16-24)33-20-23-9-5-2-6-10-23/h1-18H,19-20H2,(H,30,31)/b29-18+. The zero-order chi connectivity index (χ0) is 22.7. The minimum atomic E-state index is -0.366. The molecular formula is C27H23N3O3. The predicted molar refractivity (Wildman–Crippen MR) is 127 cm³/mol. The Morgan fingerprint density at radius 1 is 0.788 bits per heavy atom. The van der Waals surface area contributed by atoms with Crippen LogP contribution < -0.4 is 14.9 Å². The first-order valence-electron chi connectivity index (χ1n) is 10.5. The van der Waals surface area contributed by atoms with E-state index in [0.29, 0.717) is 30.3 Å². The molecule has 0 fully saturated rings. The number of rotatable bonds is 9. The Hall–Kier alpha value is -4.45. The maximum atomic E-state index is 12.7. The Balaban J connectivity index is 1.49. The van der Waals surface area contributed by atoms with Crippen LogP contribution in [0.1, 0.15) is 27.0 Å². The predicted octanol–water partition coefficient (Wildman–Crippen LogP) is 5.00. The Morgan fingerprint density at radius 3 is 1.88 bits per heavy atom. The van der Waals surface area contributed by atoms with E-state index < -0.39 is 0 Å². The first kappa shape index (κ1) is 21.8. The summed E-state index contributed by atoms with van der Waals surface area (Å²) in [4.78, 5) is 16.7. The molecule has 0 atom stereocenters. The molecule has 4 aromatic rings. The van der Waals surface area contributed by atoms with E-state index in [2.05, 4.69) is 15.5 Å². The molecular weight excluding hydrogens is 414 g/mol. The normalized spacial score (nSPS) is 10.7. The van der Waals surface area contributed by atoms with Gasteiger partial charge in [-0.3, -0.25) is 9.78 Å². The van der Waals surface area contributed by atoms with Crippen LogP contribution >= 0.6 is 0 Å². The van der Waals surface area contributed by atoms with Crippen LogP contribution in [-0.4, -0.2) is 17.1 Å². The minimum absolute atomic E-state index is 0.366. The fraction of sp³-hybridized carbons (Fsp3) is 0.0741. The molecule has 1 amide bonds. The molecule has 164 valence electrons. The van der Waals surface area contributed by atoms with Gasteiger partial charge < -0.3 is 9.47 Å². The summed E-state index contributed by atoms with van der Waals surface area (Å²) < 4.78 is 11.9. The van der Waals surface area contributed by atoms with Crippen LogP contribution in [0.5, 0.6) is 11.5 Å². The average molecular weight is 437 g/mol. The Morgan fingerprint density at radius 2 is 1.33 bits per heavy atom. The van der Waals surface area contributed by atoms with Gasteiger partial charge in [0.1, 0.15) is 24.7 Å². The summed E-state index contributed by atoms with van der Waals surface area (Å²) in [6, 6.07) is 28.4. The summed E-state index contributed by atoms with van der Waals surface area (Å²) in [7, 11) is 0. The molecule has 0 bridgehead atoms. The van der Waals surface area contributed by atoms with Crippen molar-refractivity contribution in [1.82, 2.24) is 10.4 Å². The SMILES string of the molecule is O=C(N/N=C/c1ccncc1)c1cc(OCc2ccccc2)cc(OCc2ccccc2)c1. The van der Waals surface area contributed by atoms with Crippen molar-refractivity contribution in [3.8, 4) is 11.5 Å². The van der Waals surface area contributed by atoms with Crippen LogP contribution in [0.4, 0.5) is 0 Å². The van der Waals surface area contributed by atoms with Crippen molar-refractivity contribution < 1.29 is 14.3 Å². The third-order valence-electron chi connectivity index (χ3n) is 4.72. The van der Waals surface area contributed by atoms with Gasteiger partial charge >= 0.3 is 0 Å². The number of hydrogen-bond donors (Lipinski definition) is 1. The lowest BCUT2D eigenvalue weighted by Crippen LogP contribution is -2.18. The van der Waals surface area contributed by atoms with Gasteiger partial charge in [-0.2, -0.15) is 5.10 Å². The fourth-order valence-corrected chi connectivity index (χ4v) is 3.03. The summed E-state index contributed by atoms with van der Waals surface area (Å²) >= 11 is 0. The van der Waals surface area contributed by atoms with E-state index in [1.165, 1.54) is 0 Å². The quantitative estimate of drug-likeness (QED) is 0.295. The van der Waals surface area contributed by atoms with E-state index in [-0.39, 0.29) is 5.91 Å². The van der Waals surface area contributed by atoms with Gasteiger partial charge in [-0.05, 0) is 41.0 Å². The Bertz CT molecular complexity index is 1140. The summed E-state index contributed by atoms with van der Waals surface area (Å²) in [6.45, 7) is 0.758. The largest absolute Gasteiger partial charge is 0.489 e. The molecule has 3 aromatic carbocycles. The van der Waals surface area contributed by atoms with Crippen LogP contribution in [0.2, 0.25) is 0 Å². The maximum absolute atomic E-state index is 12.7. The van der Waals surface area contributed by atoms with Crippen molar-refractivity contribution in [2.24, 2.45) is 5.10 Å². The van der Waals surface area contributed by atoms with E-state index in [1.54, 1.807) is 48.9 Å². The van der Waals surface area contributed by atoms with E-state index in [1.807, 2.05) is 60.7 Å². The van der Waals surface area contributed by atoms with Crippen LogP contribution in [0.3, 0.4) is 0 Å². The van der Waals surface area contributed by atoms with E-state index in [0.717, 1.165) is 16.7 Å². The number of benzene rings is 3. The lowest BCUT2D eigenvalue weighted by Gasteiger charge is -2.12. The van der Waals surface area contributed by atoms with Crippen LogP contribution in [0, 0.1) is 0 Å². The van der Waals surface area contributed by atoms with Gasteiger partial charge in [0.25, 0.3) is 5.91 Å². The summed E-state index contributed by atoms with van der Waals surface area (Å²) in [5.74, 6) is 0.704. The third kappa shape index (κ3) is 6.77. The molecule has 0 radical (unpaired) electrons. The summed E-state index contributed by atoms with van der Waals surface area (Å²) in [5.41, 5.74) is 5.82. The second-order valence-corrected chi connectivity index (χ2v) is 7.22. The van der Waals surface area contributed by atoms with Gasteiger partial charge in [0.15, 0.2) is 0 Å². The molecule has 0 aliphatic rings. The number of nitrogens with zero attached hydrogens (tertiary/aromatic N) is 2. The van der Waals surface area contributed by atoms with Gasteiger partial charge in [-0.15, -0.1) is 0 Å². The number of aromatic nitrogens is 1. The molecule has 0 aliphatic carbocycles. The van der Waals surface area contributed by atoms with Crippen molar-refractivity contribution in [1.29, 1.82) is 0 Å². The lowest BCUT2D eigenvalue weighted by atomic mass is 10.2. The summed E-state index contributed by atoms with van der Waals surface area (Å²) in [6.07, 6.45) is 4.88. The molecule has 0 saturated heterocycles. The van der Waals surface area contributed by atoms with Crippen molar-refractivity contribution in [2.45, 2.75) is 13.2 Å². The maximum Gasteiger partial charge on any atom is 0.271 e. The highest BCUT2D eigenvalue weighted by Crippen LogP contribution is 2.25. The number of pyridine rings is 1. The first-order valence-corrected chi connectivity index (χ1v) is 10.5. The van der Waals surface area contributed by atoms with Crippen molar-refractivity contribution >= 4 is 12.1 Å². The summed E-state index contributed by atoms with van der Waals surface area (Å²) in [5, 5.41) is 4.03. The van der Waals surface area contributed by atoms with Crippen LogP contribution in [-0.2, 0) is 13.2 Å². The first-order chi connectivity index (χ1) is 16.3. The molecule has 1 heterocycles. The molecule has 6 heteroatoms. The zero-order valence-electron chi connectivity index (χ0n) is 17.9. The smallest absolute Gasteiger partial charge is 0.271 e. The number of amides is 1. The lowest BCUT2D eigenvalue weighted by molar-refractivity contribution is 0.0954. The molecule has 1 N–H and O–H groups in total. The highest BCUT2D eigenvalue weighted by atomic mass is 16.5. The number of nitrogens with one attached hydrogen (secondary N) is 1. The number of hydrazone groups is 1. The zero-order valence-corrected chi connectivity index (χ0v) is 17.9. The highest BCUT2D eigenvalue weighted by molar-refractivity contribution is 5.95. The van der Waals surface area contributed by atoms with Gasteiger partial charge in [0, 0.05) is 24.0 Å². The van der Waals surface area contributed by atoms with Crippen molar-refractivity contribution in [3.63, 3.8) is 0 Å². The second kappa shape index (κ2) is 11.2. The topological polar surface area (TPSA) is 72.8 Å². The molecule has 6 nitrogen and oxygen atoms in total. The molecule has 4 rings (SSSR count).